The number of fused-ring (bicyclic) bond motifs is 2. The third-order valence-electron chi connectivity index (χ3n) is 12.2. The topological polar surface area (TPSA) is 133 Å². The summed E-state index contributed by atoms with van der Waals surface area (Å²) in [5.74, 6) is 0.438. The maximum absolute atomic E-state index is 17.1. The number of benzene rings is 2. The molecule has 0 spiro atoms. The molecule has 2 saturated heterocycles. The van der Waals surface area contributed by atoms with Gasteiger partial charge >= 0.3 is 6.01 Å². The molecule has 3 fully saturated rings. The van der Waals surface area contributed by atoms with Crippen molar-refractivity contribution in [1.82, 2.24) is 24.8 Å². The van der Waals surface area contributed by atoms with Gasteiger partial charge in [-0.05, 0) is 69.2 Å². The van der Waals surface area contributed by atoms with Gasteiger partial charge in [-0.15, -0.1) is 6.42 Å². The van der Waals surface area contributed by atoms with E-state index in [0.717, 1.165) is 12.8 Å². The second-order valence-electron chi connectivity index (χ2n) is 15.8. The number of alkyl halides is 1. The minimum absolute atomic E-state index is 0.0141. The van der Waals surface area contributed by atoms with Crippen LogP contribution in [0.2, 0.25) is 0 Å². The Kier molecular flexibility index (Phi) is 10.6. The zero-order valence-corrected chi connectivity index (χ0v) is 31.9. The number of aromatic nitrogens is 3. The van der Waals surface area contributed by atoms with Gasteiger partial charge in [-0.1, -0.05) is 31.4 Å². The Morgan fingerprint density at radius 1 is 1.23 bits per heavy atom. The van der Waals surface area contributed by atoms with Crippen LogP contribution in [0.15, 0.2) is 43.1 Å². The molecule has 56 heavy (non-hydrogen) atoms. The van der Waals surface area contributed by atoms with Gasteiger partial charge in [0, 0.05) is 63.0 Å². The SMILES string of the molecule is C#Cc1c(F)ccc2cc(O)cc(-c3ncc4c(NCC5(N(C)C(=O)C=C)CCCC5)nc(OC[C@]5(C(C)(C)O)C[C@@H](F)CN5C5CCOCC5)nc4c3F)c12. The number of hydrogen-bond acceptors (Lipinski definition) is 10. The highest BCUT2D eigenvalue weighted by molar-refractivity contribution is 6.03. The van der Waals surface area contributed by atoms with E-state index in [1.165, 1.54) is 36.5 Å². The standard InChI is InChI=1S/C42H47F3N6O5/c1-6-29-32(44)11-10-25-18-28(52)19-30(34(25)29)36-35(45)37-31(21-46-36)38(47-23-41(14-8-9-15-41)50(5)33(53)7-2)49-39(48-37)56-24-42(40(3,4)54)20-26(43)22-51(42)27-12-16-55-17-13-27/h1,7,10-11,18-19,21,26-27,52,54H,2,8-9,12-17,20,22-24H2,3-5H3,(H,47,48,49)/t26-,42+/m1/s1. The molecule has 4 aromatic rings. The molecule has 0 bridgehead atoms. The summed E-state index contributed by atoms with van der Waals surface area (Å²) in [6.07, 6.45) is 11.6. The van der Waals surface area contributed by atoms with E-state index in [4.69, 9.17) is 15.9 Å². The van der Waals surface area contributed by atoms with Crippen LogP contribution in [0.25, 0.3) is 32.9 Å². The number of likely N-dealkylation sites (N-methyl/N-ethyl adjacent to an activating group) is 1. The van der Waals surface area contributed by atoms with Crippen molar-refractivity contribution in [3.8, 4) is 35.4 Å². The van der Waals surface area contributed by atoms with Crippen LogP contribution in [0, 0.1) is 24.0 Å². The molecule has 2 aromatic heterocycles. The number of phenolic OH excluding ortho intramolecular Hbond substituents is 1. The molecule has 7 rings (SSSR count). The smallest absolute Gasteiger partial charge is 0.319 e. The lowest BCUT2D eigenvalue weighted by atomic mass is 9.79. The molecule has 1 saturated carbocycles. The molecule has 3 aliphatic rings. The van der Waals surface area contributed by atoms with Crippen LogP contribution in [0.1, 0.15) is 64.4 Å². The fourth-order valence-electron chi connectivity index (χ4n) is 8.99. The Balaban J connectivity index is 1.35. The summed E-state index contributed by atoms with van der Waals surface area (Å²) in [4.78, 5) is 30.2. The van der Waals surface area contributed by atoms with Crippen LogP contribution < -0.4 is 10.1 Å². The highest BCUT2D eigenvalue weighted by atomic mass is 19.1. The number of carbonyl (C=O) groups is 1. The van der Waals surface area contributed by atoms with Gasteiger partial charge in [0.25, 0.3) is 0 Å². The summed E-state index contributed by atoms with van der Waals surface area (Å²) >= 11 is 0. The Morgan fingerprint density at radius 2 is 1.96 bits per heavy atom. The monoisotopic (exact) mass is 772 g/mol. The number of nitrogens with zero attached hydrogens (tertiary/aromatic N) is 5. The van der Waals surface area contributed by atoms with Crippen LogP contribution in [0.3, 0.4) is 0 Å². The summed E-state index contributed by atoms with van der Waals surface area (Å²) in [6.45, 7) is 8.06. The highest BCUT2D eigenvalue weighted by Crippen LogP contribution is 2.44. The number of carbonyl (C=O) groups excluding carboxylic acids is 1. The minimum atomic E-state index is -1.44. The number of pyridine rings is 1. The summed E-state index contributed by atoms with van der Waals surface area (Å²) < 4.78 is 59.5. The lowest BCUT2D eigenvalue weighted by Gasteiger charge is -2.49. The summed E-state index contributed by atoms with van der Waals surface area (Å²) in [7, 11) is 1.73. The second-order valence-corrected chi connectivity index (χ2v) is 15.8. The fourth-order valence-corrected chi connectivity index (χ4v) is 8.99. The first-order valence-electron chi connectivity index (χ1n) is 19.0. The maximum atomic E-state index is 17.1. The maximum Gasteiger partial charge on any atom is 0.319 e. The van der Waals surface area contributed by atoms with Crippen LogP contribution in [0.4, 0.5) is 19.0 Å². The third kappa shape index (κ3) is 6.90. The number of likely N-dealkylation sites (tertiary alicyclic amines) is 1. The zero-order chi connectivity index (χ0) is 40.0. The van der Waals surface area contributed by atoms with Crippen molar-refractivity contribution in [3.05, 3.63) is 60.3 Å². The van der Waals surface area contributed by atoms with Crippen molar-refractivity contribution in [2.45, 2.75) is 87.7 Å². The Labute approximate surface area is 323 Å². The summed E-state index contributed by atoms with van der Waals surface area (Å²) in [5.41, 5.74) is -3.77. The van der Waals surface area contributed by atoms with Gasteiger partial charge in [0.1, 0.15) is 41.4 Å². The largest absolute Gasteiger partial charge is 0.508 e. The molecule has 1 amide bonds. The van der Waals surface area contributed by atoms with Crippen molar-refractivity contribution < 1.29 is 37.7 Å². The van der Waals surface area contributed by atoms with Crippen molar-refractivity contribution in [3.63, 3.8) is 0 Å². The minimum Gasteiger partial charge on any atom is -0.508 e. The van der Waals surface area contributed by atoms with Crippen molar-refractivity contribution >= 4 is 33.4 Å². The molecule has 2 aromatic carbocycles. The van der Waals surface area contributed by atoms with Gasteiger partial charge < -0.3 is 29.9 Å². The Hall–Kier alpha value is -4.97. The lowest BCUT2D eigenvalue weighted by molar-refractivity contribution is -0.129. The molecule has 0 unspecified atom stereocenters. The summed E-state index contributed by atoms with van der Waals surface area (Å²) in [5, 5.41) is 26.4. The molecular formula is C42H47F3N6O5. The number of phenols is 1. The van der Waals surface area contributed by atoms with Crippen LogP contribution in [-0.4, -0.2) is 110 Å². The molecule has 2 atom stereocenters. The second kappa shape index (κ2) is 15.2. The number of anilines is 1. The quantitative estimate of drug-likeness (QED) is 0.118. The zero-order valence-electron chi connectivity index (χ0n) is 31.9. The normalized spacial score (nSPS) is 21.6. The van der Waals surface area contributed by atoms with Gasteiger partial charge in [0.15, 0.2) is 5.82 Å². The number of rotatable bonds is 11. The number of halogens is 3. The molecule has 14 heteroatoms. The number of terminal acetylenes is 1. The van der Waals surface area contributed by atoms with Crippen LogP contribution in [0.5, 0.6) is 11.8 Å². The average Bonchev–Trinajstić information content (AvgIpc) is 3.81. The van der Waals surface area contributed by atoms with Crippen molar-refractivity contribution in [2.75, 3.05) is 45.3 Å². The molecule has 3 N–H and O–H groups in total. The molecular weight excluding hydrogens is 725 g/mol. The molecule has 1 aliphatic carbocycles. The number of aliphatic hydroxyl groups is 1. The predicted octanol–water partition coefficient (Wildman–Crippen LogP) is 6.29. The highest BCUT2D eigenvalue weighted by Gasteiger charge is 2.57. The Bertz CT molecular complexity index is 2210. The molecule has 2 aliphatic heterocycles. The van der Waals surface area contributed by atoms with E-state index in [1.54, 1.807) is 25.8 Å². The number of hydrogen-bond donors (Lipinski definition) is 3. The van der Waals surface area contributed by atoms with E-state index < -0.39 is 34.5 Å². The van der Waals surface area contributed by atoms with E-state index in [2.05, 4.69) is 32.8 Å². The average molecular weight is 773 g/mol. The van der Waals surface area contributed by atoms with Gasteiger partial charge in [-0.2, -0.15) is 9.97 Å². The first-order valence-corrected chi connectivity index (χ1v) is 19.0. The number of ether oxygens (including phenoxy) is 2. The van der Waals surface area contributed by atoms with Crippen molar-refractivity contribution in [1.29, 1.82) is 0 Å². The first-order chi connectivity index (χ1) is 26.7. The van der Waals surface area contributed by atoms with E-state index in [1.807, 2.05) is 4.90 Å². The molecule has 296 valence electrons. The van der Waals surface area contributed by atoms with E-state index >= 15 is 13.2 Å². The lowest BCUT2D eigenvalue weighted by Crippen LogP contribution is -2.65. The molecule has 11 nitrogen and oxygen atoms in total. The number of amides is 1. The van der Waals surface area contributed by atoms with Crippen LogP contribution in [-0.2, 0) is 9.53 Å². The van der Waals surface area contributed by atoms with Gasteiger partial charge in [0.2, 0.25) is 5.91 Å². The van der Waals surface area contributed by atoms with Crippen LogP contribution >= 0.6 is 0 Å². The number of aromatic hydroxyl groups is 1. The third-order valence-corrected chi connectivity index (χ3v) is 12.2. The summed E-state index contributed by atoms with van der Waals surface area (Å²) in [6, 6.07) is 4.96. The predicted molar refractivity (Wildman–Crippen MR) is 207 cm³/mol. The van der Waals surface area contributed by atoms with Crippen molar-refractivity contribution in [2.24, 2.45) is 0 Å². The van der Waals surface area contributed by atoms with E-state index in [0.29, 0.717) is 44.3 Å². The molecule has 0 radical (unpaired) electrons. The molecule has 4 heterocycles. The van der Waals surface area contributed by atoms with Gasteiger partial charge in [-0.3, -0.25) is 14.7 Å². The fraction of sp³-hybridized carbons (Fsp3) is 0.476. The Morgan fingerprint density at radius 3 is 2.64 bits per heavy atom. The van der Waals surface area contributed by atoms with Gasteiger partial charge in [0.05, 0.1) is 27.6 Å². The first kappa shape index (κ1) is 39.3. The van der Waals surface area contributed by atoms with Gasteiger partial charge in [-0.25, -0.2) is 13.2 Å². The number of nitrogens with one attached hydrogen (secondary N) is 1. The van der Waals surface area contributed by atoms with E-state index in [9.17, 15) is 15.0 Å². The van der Waals surface area contributed by atoms with E-state index in [-0.39, 0.29) is 88.8 Å².